The summed E-state index contributed by atoms with van der Waals surface area (Å²) in [5, 5.41) is 14.5. The van der Waals surface area contributed by atoms with Crippen molar-refractivity contribution in [2.24, 2.45) is 0 Å². The van der Waals surface area contributed by atoms with Gasteiger partial charge in [0.1, 0.15) is 0 Å². The van der Waals surface area contributed by atoms with E-state index in [2.05, 4.69) is 16.0 Å². The minimum Gasteiger partial charge on any atom is -0.393 e. The molecule has 102 valence electrons. The van der Waals surface area contributed by atoms with E-state index in [0.717, 1.165) is 18.5 Å². The van der Waals surface area contributed by atoms with Crippen LogP contribution in [0, 0.1) is 0 Å². The highest BCUT2D eigenvalue weighted by molar-refractivity contribution is 6.17. The maximum atomic E-state index is 9.85. The Bertz CT molecular complexity index is 347. The zero-order valence-corrected chi connectivity index (χ0v) is 11.6. The highest BCUT2D eigenvalue weighted by atomic mass is 35.5. The molecule has 4 heteroatoms. The summed E-state index contributed by atoms with van der Waals surface area (Å²) in [7, 11) is 0. The van der Waals surface area contributed by atoms with E-state index in [1.54, 1.807) is 0 Å². The minimum atomic E-state index is -0.307. The molecule has 0 amide bonds. The first-order valence-corrected chi connectivity index (χ1v) is 7.61. The van der Waals surface area contributed by atoms with Gasteiger partial charge < -0.3 is 5.11 Å². The fourth-order valence-corrected chi connectivity index (χ4v) is 2.85. The number of aromatic nitrogens is 2. The number of nitrogens with zero attached hydrogens (tertiary/aromatic N) is 2. The summed E-state index contributed by atoms with van der Waals surface area (Å²) in [5.41, 5.74) is 1.00. The quantitative estimate of drug-likeness (QED) is 0.806. The lowest BCUT2D eigenvalue weighted by molar-refractivity contribution is 0.162. The van der Waals surface area contributed by atoms with Crippen LogP contribution in [0.25, 0.3) is 0 Å². The highest BCUT2D eigenvalue weighted by Gasteiger charge is 2.16. The molecule has 1 atom stereocenters. The Kier molecular flexibility index (Phi) is 5.51. The van der Waals surface area contributed by atoms with E-state index in [4.69, 9.17) is 11.6 Å². The number of rotatable bonds is 6. The molecule has 0 bridgehead atoms. The molecule has 1 aromatic heterocycles. The molecule has 0 saturated heterocycles. The van der Waals surface area contributed by atoms with Gasteiger partial charge in [0.15, 0.2) is 0 Å². The third-order valence-corrected chi connectivity index (χ3v) is 4.00. The highest BCUT2D eigenvalue weighted by Crippen LogP contribution is 2.27. The first-order chi connectivity index (χ1) is 8.79. The molecule has 2 rings (SSSR count). The van der Waals surface area contributed by atoms with E-state index in [9.17, 15) is 5.11 Å². The van der Waals surface area contributed by atoms with Gasteiger partial charge in [0.25, 0.3) is 0 Å². The summed E-state index contributed by atoms with van der Waals surface area (Å²) in [4.78, 5) is 0. The van der Waals surface area contributed by atoms with Gasteiger partial charge in [0, 0.05) is 18.5 Å². The summed E-state index contributed by atoms with van der Waals surface area (Å²) in [6, 6.07) is 2.62. The van der Waals surface area contributed by atoms with Crippen LogP contribution in [0.5, 0.6) is 0 Å². The minimum absolute atomic E-state index is 0.307. The van der Waals surface area contributed by atoms with E-state index in [1.807, 2.05) is 6.07 Å². The molecule has 3 nitrogen and oxygen atoms in total. The smallest absolute Gasteiger partial charge is 0.0650 e. The second-order valence-electron chi connectivity index (χ2n) is 5.27. The van der Waals surface area contributed by atoms with Crippen molar-refractivity contribution < 1.29 is 5.11 Å². The van der Waals surface area contributed by atoms with E-state index in [0.29, 0.717) is 18.3 Å². The van der Waals surface area contributed by atoms with E-state index < -0.39 is 0 Å². The van der Waals surface area contributed by atoms with E-state index in [-0.39, 0.29) is 6.10 Å². The van der Waals surface area contributed by atoms with Crippen molar-refractivity contribution in [3.63, 3.8) is 0 Å². The number of aliphatic hydroxyl groups is 1. The van der Waals surface area contributed by atoms with Crippen LogP contribution in [0.15, 0.2) is 12.3 Å². The molecule has 1 fully saturated rings. The molecule has 1 saturated carbocycles. The van der Waals surface area contributed by atoms with Crippen LogP contribution >= 0.6 is 11.6 Å². The standard InChI is InChI=1S/C14H23ClN2O/c15-9-4-7-14(18)11-12-8-10-17(16-12)13-5-2-1-3-6-13/h8,10,13-14,18H,1-7,9,11H2. The maximum absolute atomic E-state index is 9.85. The predicted octanol–water partition coefficient (Wildman–Crippen LogP) is 3.31. The van der Waals surface area contributed by atoms with E-state index >= 15 is 0 Å². The van der Waals surface area contributed by atoms with Crippen LogP contribution in [0.2, 0.25) is 0 Å². The normalized spacial score (nSPS) is 19.0. The molecule has 1 aliphatic carbocycles. The van der Waals surface area contributed by atoms with Crippen molar-refractivity contribution in [1.29, 1.82) is 0 Å². The Morgan fingerprint density at radius 3 is 2.89 bits per heavy atom. The van der Waals surface area contributed by atoms with Crippen LogP contribution in [0.3, 0.4) is 0 Å². The Hall–Kier alpha value is -0.540. The number of hydrogen-bond donors (Lipinski definition) is 1. The molecule has 1 N–H and O–H groups in total. The van der Waals surface area contributed by atoms with Gasteiger partial charge in [-0.05, 0) is 31.7 Å². The summed E-state index contributed by atoms with van der Waals surface area (Å²) >= 11 is 5.62. The van der Waals surface area contributed by atoms with Crippen molar-refractivity contribution in [2.45, 2.75) is 63.5 Å². The van der Waals surface area contributed by atoms with Crippen LogP contribution < -0.4 is 0 Å². The third kappa shape index (κ3) is 3.99. The lowest BCUT2D eigenvalue weighted by atomic mass is 9.96. The summed E-state index contributed by atoms with van der Waals surface area (Å²) in [6.07, 6.45) is 10.5. The Labute approximate surface area is 114 Å². The van der Waals surface area contributed by atoms with Gasteiger partial charge in [-0.15, -0.1) is 11.6 Å². The summed E-state index contributed by atoms with van der Waals surface area (Å²) in [6.45, 7) is 0. The summed E-state index contributed by atoms with van der Waals surface area (Å²) < 4.78 is 2.10. The number of alkyl halides is 1. The molecule has 0 spiro atoms. The van der Waals surface area contributed by atoms with Crippen molar-refractivity contribution in [2.75, 3.05) is 5.88 Å². The van der Waals surface area contributed by atoms with Gasteiger partial charge in [-0.2, -0.15) is 5.10 Å². The van der Waals surface area contributed by atoms with Crippen LogP contribution in [0.4, 0.5) is 0 Å². The van der Waals surface area contributed by atoms with Crippen LogP contribution in [-0.2, 0) is 6.42 Å². The van der Waals surface area contributed by atoms with Gasteiger partial charge >= 0.3 is 0 Å². The van der Waals surface area contributed by atoms with Crippen molar-refractivity contribution >= 4 is 11.6 Å². The molecular formula is C14H23ClN2O. The average Bonchev–Trinajstić information content (AvgIpc) is 2.86. The van der Waals surface area contributed by atoms with Crippen molar-refractivity contribution in [3.05, 3.63) is 18.0 Å². The zero-order chi connectivity index (χ0) is 12.8. The Morgan fingerprint density at radius 2 is 2.17 bits per heavy atom. The average molecular weight is 271 g/mol. The SMILES string of the molecule is OC(CCCCl)Cc1ccn(C2CCCCC2)n1. The maximum Gasteiger partial charge on any atom is 0.0650 e. The first kappa shape index (κ1) is 13.9. The van der Waals surface area contributed by atoms with Gasteiger partial charge in [-0.1, -0.05) is 19.3 Å². The lowest BCUT2D eigenvalue weighted by Gasteiger charge is -2.21. The number of halogens is 1. The fraction of sp³-hybridized carbons (Fsp3) is 0.786. The monoisotopic (exact) mass is 270 g/mol. The molecule has 0 radical (unpaired) electrons. The van der Waals surface area contributed by atoms with E-state index in [1.165, 1.54) is 32.1 Å². The molecule has 1 aliphatic rings. The Balaban J connectivity index is 1.85. The number of hydrogen-bond acceptors (Lipinski definition) is 2. The second kappa shape index (κ2) is 7.15. The number of aliphatic hydroxyl groups excluding tert-OH is 1. The predicted molar refractivity (Wildman–Crippen MR) is 74.0 cm³/mol. The lowest BCUT2D eigenvalue weighted by Crippen LogP contribution is -2.15. The van der Waals surface area contributed by atoms with Gasteiger partial charge in [0.2, 0.25) is 0 Å². The molecule has 1 aromatic rings. The Morgan fingerprint density at radius 1 is 1.39 bits per heavy atom. The first-order valence-electron chi connectivity index (χ1n) is 7.07. The van der Waals surface area contributed by atoms with Gasteiger partial charge in [0.05, 0.1) is 17.8 Å². The van der Waals surface area contributed by atoms with Gasteiger partial charge in [-0.3, -0.25) is 4.68 Å². The van der Waals surface area contributed by atoms with Crippen LogP contribution in [-0.4, -0.2) is 26.9 Å². The second-order valence-corrected chi connectivity index (χ2v) is 5.65. The molecule has 1 heterocycles. The van der Waals surface area contributed by atoms with Crippen molar-refractivity contribution in [1.82, 2.24) is 9.78 Å². The van der Waals surface area contributed by atoms with Crippen LogP contribution in [0.1, 0.15) is 56.7 Å². The third-order valence-electron chi connectivity index (χ3n) is 3.73. The molecule has 0 aliphatic heterocycles. The summed E-state index contributed by atoms with van der Waals surface area (Å²) in [5.74, 6) is 0.619. The largest absolute Gasteiger partial charge is 0.393 e. The molecule has 18 heavy (non-hydrogen) atoms. The fourth-order valence-electron chi connectivity index (χ4n) is 2.69. The topological polar surface area (TPSA) is 38.0 Å². The zero-order valence-electron chi connectivity index (χ0n) is 10.9. The van der Waals surface area contributed by atoms with Gasteiger partial charge in [-0.25, -0.2) is 0 Å². The van der Waals surface area contributed by atoms with Crippen molar-refractivity contribution in [3.8, 4) is 0 Å². The molecule has 0 aromatic carbocycles. The molecular weight excluding hydrogens is 248 g/mol. The molecule has 1 unspecified atom stereocenters.